The molecule has 1 saturated carbocycles. The maximum Gasteiger partial charge on any atom is 0.0534 e. The van der Waals surface area contributed by atoms with Gasteiger partial charge in [0.25, 0.3) is 0 Å². The van der Waals surface area contributed by atoms with Gasteiger partial charge in [0.05, 0.1) is 11.0 Å². The van der Waals surface area contributed by atoms with Crippen LogP contribution in [0.5, 0.6) is 0 Å². The molecule has 41 heavy (non-hydrogen) atoms. The van der Waals surface area contributed by atoms with Gasteiger partial charge in [-0.3, -0.25) is 0 Å². The molecule has 2 unspecified atom stereocenters. The number of fused-ring (bicyclic) bond motifs is 8. The Morgan fingerprint density at radius 2 is 1.17 bits per heavy atom. The van der Waals surface area contributed by atoms with Gasteiger partial charge in [0, 0.05) is 39.5 Å². The summed E-state index contributed by atoms with van der Waals surface area (Å²) >= 11 is 0. The highest BCUT2D eigenvalue weighted by molar-refractivity contribution is 5.89. The van der Waals surface area contributed by atoms with E-state index >= 15 is 0 Å². The van der Waals surface area contributed by atoms with Crippen molar-refractivity contribution in [3.8, 4) is 22.5 Å². The molecule has 0 aliphatic heterocycles. The summed E-state index contributed by atoms with van der Waals surface area (Å²) in [6.07, 6.45) is 15.0. The van der Waals surface area contributed by atoms with Crippen molar-refractivity contribution in [1.82, 2.24) is 9.13 Å². The number of rotatable bonds is 3. The van der Waals surface area contributed by atoms with Crippen molar-refractivity contribution in [2.24, 2.45) is 5.92 Å². The molecule has 0 N–H and O–H groups in total. The molecule has 3 aliphatic carbocycles. The number of allylic oxidation sites excluding steroid dienone is 4. The Morgan fingerprint density at radius 3 is 1.90 bits per heavy atom. The summed E-state index contributed by atoms with van der Waals surface area (Å²) in [5.41, 5.74) is 13.7. The van der Waals surface area contributed by atoms with Gasteiger partial charge >= 0.3 is 0 Å². The lowest BCUT2D eigenvalue weighted by Gasteiger charge is -2.14. The van der Waals surface area contributed by atoms with E-state index < -0.39 is 0 Å². The molecular weight excluding hydrogens is 496 g/mol. The number of nitrogens with zero attached hydrogens (tertiary/aromatic N) is 2. The second kappa shape index (κ2) is 8.97. The molecule has 6 aromatic rings. The molecule has 2 atom stereocenters. The summed E-state index contributed by atoms with van der Waals surface area (Å²) in [5, 5.41) is 2.79. The predicted octanol–water partition coefficient (Wildman–Crippen LogP) is 9.50. The van der Waals surface area contributed by atoms with Gasteiger partial charge in [0.2, 0.25) is 0 Å². The molecular formula is C39H32N2. The zero-order valence-electron chi connectivity index (χ0n) is 23.1. The summed E-state index contributed by atoms with van der Waals surface area (Å²) in [6.45, 7) is 0. The Balaban J connectivity index is 1.09. The first kappa shape index (κ1) is 23.2. The van der Waals surface area contributed by atoms with Gasteiger partial charge in [-0.1, -0.05) is 85.0 Å². The summed E-state index contributed by atoms with van der Waals surface area (Å²) in [6, 6.07) is 36.3. The number of para-hydroxylation sites is 2. The Hall–Kier alpha value is -4.56. The minimum atomic E-state index is 0.652. The second-order valence-corrected chi connectivity index (χ2v) is 11.9. The van der Waals surface area contributed by atoms with Gasteiger partial charge in [-0.05, 0) is 96.7 Å². The van der Waals surface area contributed by atoms with E-state index in [1.54, 1.807) is 0 Å². The van der Waals surface area contributed by atoms with E-state index in [0.29, 0.717) is 11.8 Å². The lowest BCUT2D eigenvalue weighted by molar-refractivity contribution is 0.896. The van der Waals surface area contributed by atoms with Gasteiger partial charge in [0.15, 0.2) is 0 Å². The van der Waals surface area contributed by atoms with Crippen molar-refractivity contribution >= 4 is 21.8 Å². The van der Waals surface area contributed by atoms with Crippen molar-refractivity contribution < 1.29 is 0 Å². The largest absolute Gasteiger partial charge is 0.313 e. The first-order valence-electron chi connectivity index (χ1n) is 15.1. The Morgan fingerprint density at radius 1 is 0.561 bits per heavy atom. The maximum atomic E-state index is 2.55. The molecule has 0 saturated heterocycles. The van der Waals surface area contributed by atoms with Crippen LogP contribution in [0.3, 0.4) is 0 Å². The fourth-order valence-electron chi connectivity index (χ4n) is 7.60. The smallest absolute Gasteiger partial charge is 0.0534 e. The molecule has 0 spiro atoms. The lowest BCUT2D eigenvalue weighted by atomic mass is 10.0. The molecule has 2 heteroatoms. The Labute approximate surface area is 240 Å². The van der Waals surface area contributed by atoms with Crippen LogP contribution in [-0.2, 0) is 19.3 Å². The van der Waals surface area contributed by atoms with Gasteiger partial charge in [-0.25, -0.2) is 0 Å². The van der Waals surface area contributed by atoms with E-state index in [0.717, 1.165) is 25.7 Å². The van der Waals surface area contributed by atoms with Crippen LogP contribution in [0.25, 0.3) is 44.3 Å². The normalized spacial score (nSPS) is 19.0. The summed E-state index contributed by atoms with van der Waals surface area (Å²) in [5.74, 6) is 1.36. The highest BCUT2D eigenvalue weighted by atomic mass is 15.0. The minimum absolute atomic E-state index is 0.652. The average molecular weight is 529 g/mol. The topological polar surface area (TPSA) is 9.86 Å². The highest BCUT2D eigenvalue weighted by Gasteiger charge is 2.42. The Bertz CT molecular complexity index is 2010. The maximum absolute atomic E-state index is 2.55. The van der Waals surface area contributed by atoms with Crippen molar-refractivity contribution in [2.75, 3.05) is 0 Å². The van der Waals surface area contributed by atoms with E-state index in [2.05, 4.69) is 131 Å². The highest BCUT2D eigenvalue weighted by Crippen LogP contribution is 2.53. The standard InChI is InChI=1S/C39H32N2/c1-2-10-31-32-11-4-6-15-37(32)40(36(31)14-3-1)29-21-17-26(18-22-29)27-19-23-30(24-20-27)41-38-16-7-5-12-33(38)34-13-8-9-28-25-35(28)39(34)41/h1-2,4-9,11-12,15-24,28,35H,3,10,13-14,25H2. The Kier molecular flexibility index (Phi) is 5.07. The van der Waals surface area contributed by atoms with E-state index in [1.165, 1.54) is 73.2 Å². The number of benzene rings is 4. The molecule has 3 aliphatic rings. The number of aromatic nitrogens is 2. The zero-order chi connectivity index (χ0) is 26.9. The quantitative estimate of drug-likeness (QED) is 0.202. The van der Waals surface area contributed by atoms with E-state index in [1.807, 2.05) is 0 Å². The monoisotopic (exact) mass is 528 g/mol. The van der Waals surface area contributed by atoms with E-state index in [9.17, 15) is 0 Å². The van der Waals surface area contributed by atoms with Crippen LogP contribution in [0.4, 0.5) is 0 Å². The van der Waals surface area contributed by atoms with Crippen LogP contribution in [0.2, 0.25) is 0 Å². The van der Waals surface area contributed by atoms with Crippen LogP contribution in [0.1, 0.15) is 41.3 Å². The molecule has 2 aromatic heterocycles. The summed E-state index contributed by atoms with van der Waals surface area (Å²) in [7, 11) is 0. The molecule has 0 radical (unpaired) electrons. The molecule has 2 heterocycles. The van der Waals surface area contributed by atoms with Crippen LogP contribution >= 0.6 is 0 Å². The molecule has 9 rings (SSSR count). The van der Waals surface area contributed by atoms with E-state index in [-0.39, 0.29) is 0 Å². The molecule has 0 amide bonds. The molecule has 4 aromatic carbocycles. The second-order valence-electron chi connectivity index (χ2n) is 11.9. The molecule has 1 fully saturated rings. The third kappa shape index (κ3) is 3.56. The van der Waals surface area contributed by atoms with Gasteiger partial charge in [-0.2, -0.15) is 0 Å². The predicted molar refractivity (Wildman–Crippen MR) is 170 cm³/mol. The zero-order valence-corrected chi connectivity index (χ0v) is 23.1. The van der Waals surface area contributed by atoms with Gasteiger partial charge in [-0.15, -0.1) is 0 Å². The molecule has 2 nitrogen and oxygen atoms in total. The number of hydrogen-bond acceptors (Lipinski definition) is 0. The first-order chi connectivity index (χ1) is 20.3. The summed E-state index contributed by atoms with van der Waals surface area (Å²) < 4.78 is 5.04. The lowest BCUT2D eigenvalue weighted by Crippen LogP contribution is -2.01. The first-order valence-corrected chi connectivity index (χ1v) is 15.1. The SMILES string of the molecule is C1=CCc2c(n(-c3ccc(-c4ccc(-n5c6c(c7ccccc75)CC=CC5CC65)cc4)cc3)c3ccccc23)CC1. The fourth-order valence-corrected chi connectivity index (χ4v) is 7.60. The van der Waals surface area contributed by atoms with Crippen LogP contribution < -0.4 is 0 Å². The van der Waals surface area contributed by atoms with Crippen molar-refractivity contribution in [2.45, 2.75) is 38.0 Å². The minimum Gasteiger partial charge on any atom is -0.313 e. The third-order valence-corrected chi connectivity index (χ3v) is 9.63. The van der Waals surface area contributed by atoms with Crippen molar-refractivity contribution in [1.29, 1.82) is 0 Å². The summed E-state index contributed by atoms with van der Waals surface area (Å²) in [4.78, 5) is 0. The number of hydrogen-bond donors (Lipinski definition) is 0. The third-order valence-electron chi connectivity index (χ3n) is 9.63. The van der Waals surface area contributed by atoms with Crippen LogP contribution in [0, 0.1) is 5.92 Å². The van der Waals surface area contributed by atoms with Gasteiger partial charge < -0.3 is 9.13 Å². The van der Waals surface area contributed by atoms with Crippen molar-refractivity contribution in [3.05, 3.63) is 144 Å². The van der Waals surface area contributed by atoms with Crippen LogP contribution in [-0.4, -0.2) is 9.13 Å². The molecule has 0 bridgehead atoms. The fraction of sp³-hybridized carbons (Fsp3) is 0.179. The van der Waals surface area contributed by atoms with E-state index in [4.69, 9.17) is 0 Å². The van der Waals surface area contributed by atoms with Gasteiger partial charge in [0.1, 0.15) is 0 Å². The van der Waals surface area contributed by atoms with Crippen LogP contribution in [0.15, 0.2) is 121 Å². The average Bonchev–Trinajstić information content (AvgIpc) is 3.73. The molecule has 198 valence electrons. The van der Waals surface area contributed by atoms with Crippen molar-refractivity contribution in [3.63, 3.8) is 0 Å².